The van der Waals surface area contributed by atoms with Gasteiger partial charge < -0.3 is 19.7 Å². The Kier molecular flexibility index (Phi) is 6.82. The number of nitrogens with one attached hydrogen (secondary N) is 1. The fourth-order valence-corrected chi connectivity index (χ4v) is 3.46. The molecular formula is C21H25N5O4. The van der Waals surface area contributed by atoms with E-state index in [1.165, 1.54) is 17.6 Å². The molecule has 2 aromatic rings. The number of amides is 1. The Balaban J connectivity index is 2.11. The Labute approximate surface area is 174 Å². The van der Waals surface area contributed by atoms with Crippen LogP contribution >= 0.6 is 0 Å². The number of anilines is 1. The van der Waals surface area contributed by atoms with Crippen molar-refractivity contribution >= 4 is 23.4 Å². The molecule has 0 unspecified atom stereocenters. The molecule has 9 heteroatoms. The molecule has 0 saturated carbocycles. The van der Waals surface area contributed by atoms with E-state index in [0.29, 0.717) is 31.2 Å². The van der Waals surface area contributed by atoms with Crippen molar-refractivity contribution < 1.29 is 14.3 Å². The summed E-state index contributed by atoms with van der Waals surface area (Å²) in [4.78, 5) is 32.3. The van der Waals surface area contributed by atoms with Gasteiger partial charge in [-0.15, -0.1) is 0 Å². The third-order valence-electron chi connectivity index (χ3n) is 4.71. The Morgan fingerprint density at radius 2 is 2.13 bits per heavy atom. The quantitative estimate of drug-likeness (QED) is 0.429. The number of carbonyl (C=O) groups excluding carboxylic acids is 1. The van der Waals surface area contributed by atoms with Crippen molar-refractivity contribution in [3.8, 4) is 6.07 Å². The van der Waals surface area contributed by atoms with Crippen LogP contribution in [0.3, 0.4) is 0 Å². The number of ether oxygens (including phenoxy) is 2. The van der Waals surface area contributed by atoms with Gasteiger partial charge in [0.2, 0.25) is 0 Å². The number of morpholine rings is 1. The number of aromatic nitrogens is 2. The van der Waals surface area contributed by atoms with Gasteiger partial charge in [0.05, 0.1) is 24.4 Å². The average molecular weight is 411 g/mol. The molecule has 1 aliphatic rings. The van der Waals surface area contributed by atoms with Crippen molar-refractivity contribution in [2.75, 3.05) is 38.3 Å². The smallest absolute Gasteiger partial charge is 0.267 e. The second-order valence-corrected chi connectivity index (χ2v) is 7.16. The molecule has 3 heterocycles. The van der Waals surface area contributed by atoms with Crippen molar-refractivity contribution in [3.63, 3.8) is 0 Å². The molecule has 1 saturated heterocycles. The molecule has 1 fully saturated rings. The lowest BCUT2D eigenvalue weighted by Crippen LogP contribution is -2.46. The monoisotopic (exact) mass is 411 g/mol. The molecule has 1 N–H and O–H groups in total. The van der Waals surface area contributed by atoms with Gasteiger partial charge in [-0.2, -0.15) is 5.26 Å². The third kappa shape index (κ3) is 4.67. The summed E-state index contributed by atoms with van der Waals surface area (Å²) in [5.74, 6) is -0.132. The zero-order valence-electron chi connectivity index (χ0n) is 17.3. The number of nitriles is 1. The molecule has 0 radical (unpaired) electrons. The molecule has 0 aliphatic carbocycles. The number of pyridine rings is 1. The van der Waals surface area contributed by atoms with E-state index in [-0.39, 0.29) is 35.4 Å². The van der Waals surface area contributed by atoms with E-state index in [4.69, 9.17) is 9.47 Å². The normalized spacial score (nSPS) is 19.5. The lowest BCUT2D eigenvalue weighted by atomic mass is 10.1. The number of rotatable bonds is 6. The van der Waals surface area contributed by atoms with Crippen LogP contribution in [0.5, 0.6) is 0 Å². The van der Waals surface area contributed by atoms with E-state index in [1.807, 2.05) is 24.8 Å². The van der Waals surface area contributed by atoms with Crippen molar-refractivity contribution in [2.24, 2.45) is 0 Å². The Morgan fingerprint density at radius 3 is 2.80 bits per heavy atom. The molecule has 1 amide bonds. The predicted octanol–water partition coefficient (Wildman–Crippen LogP) is 0.978. The summed E-state index contributed by atoms with van der Waals surface area (Å²) in [6.45, 7) is 5.57. The maximum atomic E-state index is 13.2. The van der Waals surface area contributed by atoms with Crippen LogP contribution in [0.2, 0.25) is 0 Å². The molecule has 3 rings (SSSR count). The van der Waals surface area contributed by atoms with Gasteiger partial charge in [0.1, 0.15) is 23.1 Å². The van der Waals surface area contributed by atoms with Crippen LogP contribution in [0.4, 0.5) is 5.82 Å². The van der Waals surface area contributed by atoms with E-state index in [9.17, 15) is 14.9 Å². The first-order chi connectivity index (χ1) is 14.4. The average Bonchev–Trinajstić information content (AvgIpc) is 2.72. The zero-order valence-corrected chi connectivity index (χ0v) is 17.3. The summed E-state index contributed by atoms with van der Waals surface area (Å²) in [5, 5.41) is 12.1. The molecule has 0 bridgehead atoms. The largest absolute Gasteiger partial charge is 0.383 e. The highest BCUT2D eigenvalue weighted by Crippen LogP contribution is 2.23. The summed E-state index contributed by atoms with van der Waals surface area (Å²) in [6, 6.07) is 7.16. The number of methoxy groups -OCH3 is 1. The van der Waals surface area contributed by atoms with Gasteiger partial charge in [0.25, 0.3) is 11.5 Å². The fourth-order valence-electron chi connectivity index (χ4n) is 3.46. The van der Waals surface area contributed by atoms with E-state index < -0.39 is 5.91 Å². The number of nitrogens with zero attached hydrogens (tertiary/aromatic N) is 4. The van der Waals surface area contributed by atoms with Gasteiger partial charge in [-0.05, 0) is 32.1 Å². The highest BCUT2D eigenvalue weighted by molar-refractivity contribution is 6.02. The molecule has 9 nitrogen and oxygen atoms in total. The zero-order chi connectivity index (χ0) is 21.7. The molecule has 158 valence electrons. The van der Waals surface area contributed by atoms with Crippen LogP contribution in [0.15, 0.2) is 34.8 Å². The molecule has 1 aliphatic heterocycles. The Hall–Kier alpha value is -3.22. The summed E-state index contributed by atoms with van der Waals surface area (Å²) in [6.07, 6.45) is 2.83. The summed E-state index contributed by atoms with van der Waals surface area (Å²) >= 11 is 0. The van der Waals surface area contributed by atoms with Gasteiger partial charge >= 0.3 is 0 Å². The molecule has 2 atom stereocenters. The summed E-state index contributed by atoms with van der Waals surface area (Å²) < 4.78 is 12.1. The number of fused-ring (bicyclic) bond motifs is 1. The lowest BCUT2D eigenvalue weighted by Gasteiger charge is -2.36. The van der Waals surface area contributed by atoms with Crippen molar-refractivity contribution in [2.45, 2.75) is 26.1 Å². The van der Waals surface area contributed by atoms with E-state index >= 15 is 0 Å². The van der Waals surface area contributed by atoms with Gasteiger partial charge in [-0.3, -0.25) is 14.0 Å². The second-order valence-electron chi connectivity index (χ2n) is 7.16. The number of carbonyl (C=O) groups is 1. The third-order valence-corrected chi connectivity index (χ3v) is 4.71. The molecule has 0 aromatic carbocycles. The maximum Gasteiger partial charge on any atom is 0.267 e. The van der Waals surface area contributed by atoms with Gasteiger partial charge in [-0.25, -0.2) is 4.98 Å². The summed E-state index contributed by atoms with van der Waals surface area (Å²) in [7, 11) is 1.52. The summed E-state index contributed by atoms with van der Waals surface area (Å²) in [5.41, 5.74) is 0.166. The van der Waals surface area contributed by atoms with Crippen LogP contribution in [0, 0.1) is 11.3 Å². The van der Waals surface area contributed by atoms with Crippen LogP contribution in [0.1, 0.15) is 19.4 Å². The first-order valence-corrected chi connectivity index (χ1v) is 9.75. The van der Waals surface area contributed by atoms with Crippen molar-refractivity contribution in [1.29, 1.82) is 5.26 Å². The first kappa shape index (κ1) is 21.5. The molecule has 2 aromatic heterocycles. The topological polar surface area (TPSA) is 109 Å². The highest BCUT2D eigenvalue weighted by atomic mass is 16.5. The maximum absolute atomic E-state index is 13.2. The Bertz CT molecular complexity index is 1050. The van der Waals surface area contributed by atoms with Crippen LogP contribution in [0.25, 0.3) is 11.7 Å². The minimum Gasteiger partial charge on any atom is -0.383 e. The molecule has 30 heavy (non-hydrogen) atoms. The first-order valence-electron chi connectivity index (χ1n) is 9.75. The van der Waals surface area contributed by atoms with E-state index in [1.54, 1.807) is 24.4 Å². The molecule has 0 spiro atoms. The second kappa shape index (κ2) is 9.52. The lowest BCUT2D eigenvalue weighted by molar-refractivity contribution is -0.117. The standard InChI is InChI=1S/C21H25N5O4/c1-14-12-25(13-15(2)30-14)19-17(10-16(11-22)20(27)23-7-9-29-3)21(28)26-8-5-4-6-18(26)24-19/h4-6,8,10,14-15H,7,9,12-13H2,1-3H3,(H,23,27)/b16-10+/t14-,15-/m1/s1. The fraction of sp³-hybridized carbons (Fsp3) is 0.429. The Morgan fingerprint density at radius 1 is 1.40 bits per heavy atom. The molecular weight excluding hydrogens is 386 g/mol. The SMILES string of the molecule is COCCNC(=O)/C(C#N)=C/c1c(N2C[C@@H](C)O[C@H](C)C2)nc2ccccn2c1=O. The van der Waals surface area contributed by atoms with Crippen LogP contribution < -0.4 is 15.8 Å². The minimum absolute atomic E-state index is 0.0469. The van der Waals surface area contributed by atoms with Gasteiger partial charge in [0, 0.05) is 32.9 Å². The van der Waals surface area contributed by atoms with E-state index in [2.05, 4.69) is 10.3 Å². The predicted molar refractivity (Wildman–Crippen MR) is 112 cm³/mol. The van der Waals surface area contributed by atoms with Crippen molar-refractivity contribution in [1.82, 2.24) is 14.7 Å². The highest BCUT2D eigenvalue weighted by Gasteiger charge is 2.27. The van der Waals surface area contributed by atoms with E-state index in [0.717, 1.165) is 0 Å². The van der Waals surface area contributed by atoms with Gasteiger partial charge in [0.15, 0.2) is 0 Å². The van der Waals surface area contributed by atoms with Crippen molar-refractivity contribution in [3.05, 3.63) is 45.9 Å². The minimum atomic E-state index is -0.568. The number of hydrogen-bond donors (Lipinski definition) is 1. The van der Waals surface area contributed by atoms with Crippen LogP contribution in [-0.4, -0.2) is 60.9 Å². The van der Waals surface area contributed by atoms with Gasteiger partial charge in [-0.1, -0.05) is 6.07 Å². The number of hydrogen-bond acceptors (Lipinski definition) is 7. The van der Waals surface area contributed by atoms with Crippen LogP contribution in [-0.2, 0) is 14.3 Å².